The lowest BCUT2D eigenvalue weighted by molar-refractivity contribution is -0.136. The number of aliphatic hydroxyl groups is 1. The third-order valence-corrected chi connectivity index (χ3v) is 7.99. The number of hydrogen-bond donors (Lipinski definition) is 3. The summed E-state index contributed by atoms with van der Waals surface area (Å²) in [5.74, 6) is -1.92. The summed E-state index contributed by atoms with van der Waals surface area (Å²) in [6, 6.07) is 11.1. The predicted molar refractivity (Wildman–Crippen MR) is 154 cm³/mol. The highest BCUT2D eigenvalue weighted by molar-refractivity contribution is 7.15. The van der Waals surface area contributed by atoms with Crippen LogP contribution in [0, 0.1) is 19.3 Å². The molecule has 9 nitrogen and oxygen atoms in total. The number of aryl methyl sites for hydroxylation is 1. The predicted octanol–water partition coefficient (Wildman–Crippen LogP) is 4.91. The number of rotatable bonds is 9. The molecule has 1 aliphatic rings. The number of aliphatic hydroxyl groups excluding tert-OH is 1. The smallest absolute Gasteiger partial charge is 0.308 e. The van der Waals surface area contributed by atoms with E-state index in [1.54, 1.807) is 23.1 Å². The average molecular weight is 586 g/mol. The number of aromatic nitrogens is 1. The van der Waals surface area contributed by atoms with E-state index in [0.29, 0.717) is 21.2 Å². The van der Waals surface area contributed by atoms with E-state index in [1.165, 1.54) is 6.20 Å². The first kappa shape index (κ1) is 29.7. The molecule has 0 saturated carbocycles. The minimum absolute atomic E-state index is 0.158. The van der Waals surface area contributed by atoms with Gasteiger partial charge in [-0.1, -0.05) is 43.6 Å². The monoisotopic (exact) mass is 585 g/mol. The van der Waals surface area contributed by atoms with Crippen LogP contribution in [0.5, 0.6) is 0 Å². The van der Waals surface area contributed by atoms with Crippen molar-refractivity contribution in [2.45, 2.75) is 52.7 Å². The number of thiazole rings is 1. The Labute approximate surface area is 241 Å². The number of nitrogens with zero attached hydrogens (tertiary/aromatic N) is 2. The van der Waals surface area contributed by atoms with Gasteiger partial charge in [-0.3, -0.25) is 14.4 Å². The van der Waals surface area contributed by atoms with E-state index in [0.717, 1.165) is 28.0 Å². The van der Waals surface area contributed by atoms with E-state index in [9.17, 15) is 19.5 Å². The molecule has 0 bridgehead atoms. The van der Waals surface area contributed by atoms with Crippen molar-refractivity contribution in [3.05, 3.63) is 74.7 Å². The van der Waals surface area contributed by atoms with E-state index >= 15 is 0 Å². The number of fused-ring (bicyclic) bond motifs is 1. The topological polar surface area (TPSA) is 129 Å². The zero-order valence-electron chi connectivity index (χ0n) is 22.7. The van der Waals surface area contributed by atoms with Crippen molar-refractivity contribution in [2.75, 3.05) is 23.4 Å². The first-order valence-electron chi connectivity index (χ1n) is 12.8. The van der Waals surface area contributed by atoms with Crippen LogP contribution in [-0.2, 0) is 25.5 Å². The molecule has 2 amide bonds. The average Bonchev–Trinajstić information content (AvgIpc) is 3.28. The summed E-state index contributed by atoms with van der Waals surface area (Å²) in [6.07, 6.45) is -0.960. The second-order valence-corrected chi connectivity index (χ2v) is 12.2. The van der Waals surface area contributed by atoms with Crippen LogP contribution in [0.1, 0.15) is 53.5 Å². The summed E-state index contributed by atoms with van der Waals surface area (Å²) in [5.41, 5.74) is 3.54. The first-order valence-corrected chi connectivity index (χ1v) is 14.0. The second-order valence-electron chi connectivity index (χ2n) is 10.7. The van der Waals surface area contributed by atoms with Crippen molar-refractivity contribution >= 4 is 51.5 Å². The second kappa shape index (κ2) is 12.1. The molecule has 0 unspecified atom stereocenters. The summed E-state index contributed by atoms with van der Waals surface area (Å²) in [5, 5.41) is 22.4. The highest BCUT2D eigenvalue weighted by Crippen LogP contribution is 2.42. The van der Waals surface area contributed by atoms with Gasteiger partial charge >= 0.3 is 5.97 Å². The maximum absolute atomic E-state index is 14.1. The van der Waals surface area contributed by atoms with Gasteiger partial charge in [-0.15, -0.1) is 11.3 Å². The molecule has 4 rings (SSSR count). The molecule has 3 N–H and O–H groups in total. The van der Waals surface area contributed by atoms with Gasteiger partial charge in [-0.05, 0) is 48.7 Å². The van der Waals surface area contributed by atoms with Crippen LogP contribution in [0.2, 0.25) is 5.02 Å². The molecule has 212 valence electrons. The van der Waals surface area contributed by atoms with E-state index in [1.807, 2.05) is 45.9 Å². The Bertz CT molecular complexity index is 1440. The van der Waals surface area contributed by atoms with Crippen LogP contribution in [0.25, 0.3) is 0 Å². The number of carboxylic acid groups (broad SMARTS) is 1. The molecule has 0 spiro atoms. The Morgan fingerprint density at radius 1 is 1.20 bits per heavy atom. The lowest BCUT2D eigenvalue weighted by atomic mass is 9.91. The van der Waals surface area contributed by atoms with Gasteiger partial charge < -0.3 is 25.2 Å². The van der Waals surface area contributed by atoms with Crippen molar-refractivity contribution in [1.29, 1.82) is 0 Å². The molecule has 3 aromatic rings. The molecule has 1 aromatic heterocycles. The Morgan fingerprint density at radius 2 is 1.95 bits per heavy atom. The third kappa shape index (κ3) is 6.69. The fourth-order valence-corrected chi connectivity index (χ4v) is 5.58. The number of aliphatic carboxylic acids is 1. The summed E-state index contributed by atoms with van der Waals surface area (Å²) in [7, 11) is 0. The highest BCUT2D eigenvalue weighted by atomic mass is 35.5. The largest absolute Gasteiger partial charge is 0.481 e. The fraction of sp³-hybridized carbons (Fsp3) is 0.379. The van der Waals surface area contributed by atoms with Crippen LogP contribution < -0.4 is 10.2 Å². The zero-order chi connectivity index (χ0) is 29.2. The SMILES string of the molecule is Cc1cccc([C@H]2O[C@H](CC(=O)Nc3ncc(CC(=O)O)s3)C(=O)N(CC(C)(C)CO)c3ccc(Cl)cc32)c1C. The number of ether oxygens (including phenoxy) is 1. The molecule has 0 fully saturated rings. The molecule has 2 aromatic carbocycles. The van der Waals surface area contributed by atoms with Crippen molar-refractivity contribution in [3.63, 3.8) is 0 Å². The fourth-order valence-electron chi connectivity index (χ4n) is 4.58. The van der Waals surface area contributed by atoms with Gasteiger partial charge in [-0.25, -0.2) is 4.98 Å². The van der Waals surface area contributed by atoms with Gasteiger partial charge in [0.1, 0.15) is 12.2 Å². The van der Waals surface area contributed by atoms with Gasteiger partial charge in [0, 0.05) is 45.9 Å². The Kier molecular flexibility index (Phi) is 8.94. The van der Waals surface area contributed by atoms with E-state index in [2.05, 4.69) is 10.3 Å². The molecule has 2 atom stereocenters. The molecule has 2 heterocycles. The molecular weight excluding hydrogens is 554 g/mol. The third-order valence-electron chi connectivity index (χ3n) is 6.84. The number of halogens is 1. The summed E-state index contributed by atoms with van der Waals surface area (Å²) in [6.45, 7) is 7.70. The standard InChI is InChI=1S/C29H32ClN3O6S/c1-16-6-5-7-20(17(16)2)26-21-10-18(30)8-9-22(21)33(14-29(3,4)15-34)27(38)23(39-26)12-24(35)32-28-31-13-19(40-28)11-25(36)37/h5-10,13,23,26,34H,11-12,14-15H2,1-4H3,(H,36,37)(H,31,32,35)/t23-,26-/m1/s1. The molecule has 0 radical (unpaired) electrons. The van der Waals surface area contributed by atoms with Crippen LogP contribution in [0.3, 0.4) is 0 Å². The number of anilines is 2. The minimum atomic E-state index is -1.16. The number of carbonyl (C=O) groups excluding carboxylic acids is 2. The number of nitrogens with one attached hydrogen (secondary N) is 1. The number of carboxylic acids is 1. The number of carbonyl (C=O) groups is 3. The normalized spacial score (nSPS) is 17.4. The molecule has 0 saturated heterocycles. The zero-order valence-corrected chi connectivity index (χ0v) is 24.3. The molecule has 1 aliphatic heterocycles. The summed E-state index contributed by atoms with van der Waals surface area (Å²) in [4.78, 5) is 44.3. The van der Waals surface area contributed by atoms with Gasteiger partial charge in [0.2, 0.25) is 5.91 Å². The van der Waals surface area contributed by atoms with Crippen molar-refractivity contribution in [2.24, 2.45) is 5.41 Å². The van der Waals surface area contributed by atoms with Gasteiger partial charge in [0.15, 0.2) is 5.13 Å². The van der Waals surface area contributed by atoms with E-state index < -0.39 is 35.4 Å². The van der Waals surface area contributed by atoms with E-state index in [4.69, 9.17) is 21.4 Å². The summed E-state index contributed by atoms with van der Waals surface area (Å²) >= 11 is 7.49. The van der Waals surface area contributed by atoms with Crippen LogP contribution in [0.15, 0.2) is 42.6 Å². The van der Waals surface area contributed by atoms with Crippen molar-refractivity contribution in [1.82, 2.24) is 4.98 Å². The molecule has 11 heteroatoms. The Morgan fingerprint density at radius 3 is 2.65 bits per heavy atom. The lowest BCUT2D eigenvalue weighted by Crippen LogP contribution is -2.46. The number of hydrogen-bond acceptors (Lipinski definition) is 7. The van der Waals surface area contributed by atoms with E-state index in [-0.39, 0.29) is 31.1 Å². The van der Waals surface area contributed by atoms with Crippen molar-refractivity contribution in [3.8, 4) is 0 Å². The number of benzene rings is 2. The van der Waals surface area contributed by atoms with Crippen LogP contribution in [0.4, 0.5) is 10.8 Å². The lowest BCUT2D eigenvalue weighted by Gasteiger charge is -2.32. The van der Waals surface area contributed by atoms with Gasteiger partial charge in [-0.2, -0.15) is 0 Å². The number of amides is 2. The molecule has 40 heavy (non-hydrogen) atoms. The van der Waals surface area contributed by atoms with Crippen molar-refractivity contribution < 1.29 is 29.3 Å². The molecule has 0 aliphatic carbocycles. The summed E-state index contributed by atoms with van der Waals surface area (Å²) < 4.78 is 6.50. The maximum atomic E-state index is 14.1. The van der Waals surface area contributed by atoms with Crippen LogP contribution in [-0.4, -0.2) is 52.2 Å². The Balaban J connectivity index is 1.74. The van der Waals surface area contributed by atoms with Gasteiger partial charge in [0.05, 0.1) is 12.8 Å². The minimum Gasteiger partial charge on any atom is -0.481 e. The molecular formula is C29H32ClN3O6S. The van der Waals surface area contributed by atoms with Crippen LogP contribution >= 0.6 is 22.9 Å². The quantitative estimate of drug-likeness (QED) is 0.325. The maximum Gasteiger partial charge on any atom is 0.308 e. The van der Waals surface area contributed by atoms with Gasteiger partial charge in [0.25, 0.3) is 5.91 Å². The highest BCUT2D eigenvalue weighted by Gasteiger charge is 2.40. The Hall–Kier alpha value is -3.31. The first-order chi connectivity index (χ1) is 18.9.